The van der Waals surface area contributed by atoms with Gasteiger partial charge in [0.05, 0.1) is 6.61 Å². The van der Waals surface area contributed by atoms with Crippen LogP contribution in [0.2, 0.25) is 0 Å². The van der Waals surface area contributed by atoms with Crippen molar-refractivity contribution in [2.75, 3.05) is 38.4 Å². The Balaban J connectivity index is 2.09. The summed E-state index contributed by atoms with van der Waals surface area (Å²) in [7, 11) is 1.51. The minimum Gasteiger partial charge on any atom is -0.480 e. The summed E-state index contributed by atoms with van der Waals surface area (Å²) in [5, 5.41) is 0. The van der Waals surface area contributed by atoms with Crippen molar-refractivity contribution in [2.24, 2.45) is 0 Å². The molecule has 20 heavy (non-hydrogen) atoms. The van der Waals surface area contributed by atoms with E-state index in [2.05, 4.69) is 20.9 Å². The number of esters is 1. The van der Waals surface area contributed by atoms with Crippen LogP contribution in [0.3, 0.4) is 0 Å². The highest BCUT2D eigenvalue weighted by Crippen LogP contribution is 2.31. The van der Waals surface area contributed by atoms with Crippen LogP contribution in [0.5, 0.6) is 5.75 Å². The van der Waals surface area contributed by atoms with Crippen molar-refractivity contribution in [3.63, 3.8) is 0 Å². The number of aromatic nitrogens is 1. The molecule has 0 N–H and O–H groups in total. The van der Waals surface area contributed by atoms with Gasteiger partial charge in [0.25, 0.3) is 5.91 Å². The molecule has 1 aliphatic rings. The van der Waals surface area contributed by atoms with Gasteiger partial charge in [-0.3, -0.25) is 14.5 Å². The molecule has 0 radical (unpaired) electrons. The van der Waals surface area contributed by atoms with E-state index >= 15 is 0 Å². The summed E-state index contributed by atoms with van der Waals surface area (Å²) in [4.78, 5) is 28.9. The molecule has 1 aliphatic heterocycles. The number of nitrogens with zero attached hydrogens (tertiary/aromatic N) is 2. The number of amides is 1. The molecule has 0 atom stereocenters. The number of carbonyl (C=O) groups is 2. The fourth-order valence-electron chi connectivity index (χ4n) is 1.63. The Kier molecular flexibility index (Phi) is 4.91. The van der Waals surface area contributed by atoms with Crippen LogP contribution < -0.4 is 9.64 Å². The lowest BCUT2D eigenvalue weighted by atomic mass is 10.3. The van der Waals surface area contributed by atoms with Crippen LogP contribution in [0.25, 0.3) is 0 Å². The highest BCUT2D eigenvalue weighted by Gasteiger charge is 2.29. The molecule has 0 bridgehead atoms. The Hall–Kier alpha value is -1.67. The molecule has 1 aromatic rings. The van der Waals surface area contributed by atoms with Gasteiger partial charge >= 0.3 is 5.97 Å². The third kappa shape index (κ3) is 3.45. The Morgan fingerprint density at radius 1 is 1.50 bits per heavy atom. The van der Waals surface area contributed by atoms with Crippen molar-refractivity contribution in [3.8, 4) is 5.75 Å². The number of carbonyl (C=O) groups excluding carboxylic acids is 2. The fourth-order valence-corrected chi connectivity index (χ4v) is 1.93. The van der Waals surface area contributed by atoms with Crippen LogP contribution in [-0.2, 0) is 19.1 Å². The van der Waals surface area contributed by atoms with Gasteiger partial charge in [-0.2, -0.15) is 0 Å². The quantitative estimate of drug-likeness (QED) is 0.445. The lowest BCUT2D eigenvalue weighted by molar-refractivity contribution is -0.144. The van der Waals surface area contributed by atoms with Gasteiger partial charge in [0.15, 0.2) is 18.2 Å². The number of methoxy groups -OCH3 is 1. The van der Waals surface area contributed by atoms with E-state index in [0.717, 1.165) is 0 Å². The summed E-state index contributed by atoms with van der Waals surface area (Å²) in [5.41, 5.74) is 0. The minimum absolute atomic E-state index is 0.123. The zero-order chi connectivity index (χ0) is 14.5. The number of halogens is 1. The van der Waals surface area contributed by atoms with Crippen LogP contribution in [0, 0.1) is 0 Å². The van der Waals surface area contributed by atoms with Gasteiger partial charge in [0.1, 0.15) is 17.8 Å². The van der Waals surface area contributed by atoms with Crippen molar-refractivity contribution >= 4 is 33.6 Å². The first kappa shape index (κ1) is 14.7. The first-order valence-corrected chi connectivity index (χ1v) is 6.65. The Bertz CT molecular complexity index is 523. The summed E-state index contributed by atoms with van der Waals surface area (Å²) in [6, 6.07) is 3.38. The predicted molar refractivity (Wildman–Crippen MR) is 72.6 cm³/mol. The molecular formula is C12H13BrN2O5. The summed E-state index contributed by atoms with van der Waals surface area (Å²) < 4.78 is 15.5. The van der Waals surface area contributed by atoms with Gasteiger partial charge in [0.2, 0.25) is 0 Å². The molecule has 0 saturated carbocycles. The topological polar surface area (TPSA) is 78.0 Å². The van der Waals surface area contributed by atoms with Crippen LogP contribution >= 0.6 is 15.9 Å². The second kappa shape index (κ2) is 6.67. The van der Waals surface area contributed by atoms with Gasteiger partial charge < -0.3 is 14.2 Å². The average molecular weight is 345 g/mol. The van der Waals surface area contributed by atoms with Crippen molar-refractivity contribution < 1.29 is 23.8 Å². The summed E-state index contributed by atoms with van der Waals surface area (Å²) >= 11 is 3.22. The smallest absolute Gasteiger partial charge is 0.326 e. The molecule has 0 saturated heterocycles. The number of hydrogen-bond donors (Lipinski definition) is 0. The van der Waals surface area contributed by atoms with E-state index in [1.54, 1.807) is 12.1 Å². The van der Waals surface area contributed by atoms with Gasteiger partial charge in [-0.25, -0.2) is 4.98 Å². The molecule has 0 aromatic carbocycles. The van der Waals surface area contributed by atoms with E-state index in [1.165, 1.54) is 12.0 Å². The molecule has 8 heteroatoms. The van der Waals surface area contributed by atoms with E-state index < -0.39 is 5.97 Å². The van der Waals surface area contributed by atoms with Crippen molar-refractivity contribution in [2.45, 2.75) is 0 Å². The van der Waals surface area contributed by atoms with Gasteiger partial charge in [-0.1, -0.05) is 0 Å². The standard InChI is InChI=1S/C12H13BrN2O5/c1-18-4-5-19-11(17)6-15-10(16)7-20-8-2-3-9(13)14-12(8)15/h2-3H,4-7H2,1H3. The highest BCUT2D eigenvalue weighted by atomic mass is 79.9. The number of fused-ring (bicyclic) bond motifs is 1. The molecule has 0 aliphatic carbocycles. The van der Waals surface area contributed by atoms with Gasteiger partial charge in [0, 0.05) is 7.11 Å². The van der Waals surface area contributed by atoms with Crippen molar-refractivity contribution in [1.82, 2.24) is 4.98 Å². The fraction of sp³-hybridized carbons (Fsp3) is 0.417. The number of ether oxygens (including phenoxy) is 3. The predicted octanol–water partition coefficient (Wildman–Crippen LogP) is 0.759. The second-order valence-corrected chi connectivity index (χ2v) is 4.75. The molecule has 0 spiro atoms. The third-order valence-corrected chi connectivity index (χ3v) is 2.99. The molecular weight excluding hydrogens is 332 g/mol. The normalized spacial score (nSPS) is 13.7. The summed E-state index contributed by atoms with van der Waals surface area (Å²) in [6.07, 6.45) is 0. The van der Waals surface area contributed by atoms with Crippen molar-refractivity contribution in [3.05, 3.63) is 16.7 Å². The maximum atomic E-state index is 11.8. The molecule has 7 nitrogen and oxygen atoms in total. The molecule has 2 rings (SSSR count). The largest absolute Gasteiger partial charge is 0.480 e. The lowest BCUT2D eigenvalue weighted by Crippen LogP contribution is -2.43. The number of pyridine rings is 1. The maximum Gasteiger partial charge on any atom is 0.326 e. The van der Waals surface area contributed by atoms with Crippen LogP contribution in [0.1, 0.15) is 0 Å². The average Bonchev–Trinajstić information content (AvgIpc) is 2.42. The first-order chi connectivity index (χ1) is 9.61. The third-order valence-electron chi connectivity index (χ3n) is 2.55. The molecule has 0 fully saturated rings. The Labute approximate surface area is 123 Å². The van der Waals surface area contributed by atoms with Gasteiger partial charge in [-0.05, 0) is 28.1 Å². The molecule has 108 valence electrons. The molecule has 2 heterocycles. The Morgan fingerprint density at radius 3 is 3.05 bits per heavy atom. The molecule has 1 amide bonds. The summed E-state index contributed by atoms with van der Waals surface area (Å²) in [5.74, 6) is -0.103. The number of anilines is 1. The monoisotopic (exact) mass is 344 g/mol. The van der Waals surface area contributed by atoms with Crippen LogP contribution in [0.15, 0.2) is 16.7 Å². The summed E-state index contributed by atoms with van der Waals surface area (Å²) in [6.45, 7) is 0.125. The lowest BCUT2D eigenvalue weighted by Gasteiger charge is -2.27. The van der Waals surface area contributed by atoms with Crippen molar-refractivity contribution in [1.29, 1.82) is 0 Å². The number of rotatable bonds is 5. The van der Waals surface area contributed by atoms with E-state index in [0.29, 0.717) is 22.8 Å². The minimum atomic E-state index is -0.523. The Morgan fingerprint density at radius 2 is 2.30 bits per heavy atom. The van der Waals surface area contributed by atoms with Crippen LogP contribution in [0.4, 0.5) is 5.82 Å². The first-order valence-electron chi connectivity index (χ1n) is 5.86. The van der Waals surface area contributed by atoms with Crippen LogP contribution in [-0.4, -0.2) is 50.3 Å². The molecule has 0 unspecified atom stereocenters. The SMILES string of the molecule is COCCOC(=O)CN1C(=O)COc2ccc(Br)nc21. The number of hydrogen-bond acceptors (Lipinski definition) is 6. The van der Waals surface area contributed by atoms with E-state index in [9.17, 15) is 9.59 Å². The van der Waals surface area contributed by atoms with E-state index in [1.807, 2.05) is 0 Å². The highest BCUT2D eigenvalue weighted by molar-refractivity contribution is 9.10. The van der Waals surface area contributed by atoms with Gasteiger partial charge in [-0.15, -0.1) is 0 Å². The second-order valence-electron chi connectivity index (χ2n) is 3.94. The zero-order valence-corrected chi connectivity index (χ0v) is 12.4. The maximum absolute atomic E-state index is 11.8. The zero-order valence-electron chi connectivity index (χ0n) is 10.8. The van der Waals surface area contributed by atoms with E-state index in [-0.39, 0.29) is 25.7 Å². The molecule has 1 aromatic heterocycles. The van der Waals surface area contributed by atoms with E-state index in [4.69, 9.17) is 14.2 Å².